The molecule has 0 heterocycles. The molecular weight excluding hydrogens is 223 g/mol. The van der Waals surface area contributed by atoms with Gasteiger partial charge in [0.1, 0.15) is 5.75 Å². The molecule has 0 atom stereocenters. The first-order valence-electron chi connectivity index (χ1n) is 5.32. The SMILES string of the molecule is CCC(Cc1ccccc1OC)=C(F)C(=O)O. The monoisotopic (exact) mass is 238 g/mol. The second-order valence-electron chi connectivity index (χ2n) is 3.56. The van der Waals surface area contributed by atoms with Crippen LogP contribution in [0.3, 0.4) is 0 Å². The van der Waals surface area contributed by atoms with Crippen LogP contribution < -0.4 is 4.74 Å². The highest BCUT2D eigenvalue weighted by Gasteiger charge is 2.14. The first-order chi connectivity index (χ1) is 8.10. The fourth-order valence-electron chi connectivity index (χ4n) is 1.59. The van der Waals surface area contributed by atoms with E-state index in [2.05, 4.69) is 0 Å². The van der Waals surface area contributed by atoms with Crippen LogP contribution in [0, 0.1) is 0 Å². The lowest BCUT2D eigenvalue weighted by Crippen LogP contribution is -2.03. The highest BCUT2D eigenvalue weighted by atomic mass is 19.1. The van der Waals surface area contributed by atoms with Crippen LogP contribution in [-0.2, 0) is 11.2 Å². The van der Waals surface area contributed by atoms with Crippen LogP contribution in [0.5, 0.6) is 5.75 Å². The lowest BCUT2D eigenvalue weighted by molar-refractivity contribution is -0.134. The minimum atomic E-state index is -1.52. The Morgan fingerprint density at radius 1 is 1.41 bits per heavy atom. The van der Waals surface area contributed by atoms with Crippen molar-refractivity contribution in [3.05, 3.63) is 41.2 Å². The van der Waals surface area contributed by atoms with Gasteiger partial charge in [0.15, 0.2) is 0 Å². The Bertz CT molecular complexity index is 438. The number of carbonyl (C=O) groups is 1. The molecule has 0 bridgehead atoms. The smallest absolute Gasteiger partial charge is 0.364 e. The number of methoxy groups -OCH3 is 1. The van der Waals surface area contributed by atoms with Gasteiger partial charge in [-0.2, -0.15) is 4.39 Å². The molecule has 0 aromatic heterocycles. The minimum Gasteiger partial charge on any atom is -0.496 e. The molecule has 0 aliphatic heterocycles. The third kappa shape index (κ3) is 3.31. The summed E-state index contributed by atoms with van der Waals surface area (Å²) in [7, 11) is 1.53. The van der Waals surface area contributed by atoms with Crippen LogP contribution in [0.4, 0.5) is 4.39 Å². The Kier molecular flexibility index (Phi) is 4.69. The first-order valence-corrected chi connectivity index (χ1v) is 5.32. The standard InChI is InChI=1S/C13H15FO3/c1-3-9(12(14)13(15)16)8-10-6-4-5-7-11(10)17-2/h4-7H,3,8H2,1-2H3,(H,15,16). The summed E-state index contributed by atoms with van der Waals surface area (Å²) in [5.41, 5.74) is 1.05. The van der Waals surface area contributed by atoms with Crippen LogP contribution in [0.2, 0.25) is 0 Å². The van der Waals surface area contributed by atoms with E-state index in [0.29, 0.717) is 12.2 Å². The molecule has 0 aliphatic carbocycles. The Morgan fingerprint density at radius 2 is 2.06 bits per heavy atom. The van der Waals surface area contributed by atoms with Gasteiger partial charge in [-0.15, -0.1) is 0 Å². The highest BCUT2D eigenvalue weighted by molar-refractivity contribution is 5.85. The zero-order valence-electron chi connectivity index (χ0n) is 9.87. The zero-order chi connectivity index (χ0) is 12.8. The lowest BCUT2D eigenvalue weighted by atomic mass is 10.0. The van der Waals surface area contributed by atoms with E-state index >= 15 is 0 Å². The Hall–Kier alpha value is -1.84. The number of allylic oxidation sites excluding steroid dienone is 1. The average molecular weight is 238 g/mol. The quantitative estimate of drug-likeness (QED) is 0.802. The molecule has 0 saturated carbocycles. The van der Waals surface area contributed by atoms with Crippen molar-refractivity contribution < 1.29 is 19.0 Å². The number of para-hydroxylation sites is 1. The molecule has 1 aromatic carbocycles. The van der Waals surface area contributed by atoms with Crippen LogP contribution >= 0.6 is 0 Å². The van der Waals surface area contributed by atoms with Gasteiger partial charge in [-0.3, -0.25) is 0 Å². The summed E-state index contributed by atoms with van der Waals surface area (Å²) < 4.78 is 18.5. The molecule has 1 aromatic rings. The molecule has 4 heteroatoms. The third-order valence-corrected chi connectivity index (χ3v) is 2.52. The normalized spacial score (nSPS) is 11.9. The van der Waals surface area contributed by atoms with Gasteiger partial charge in [-0.25, -0.2) is 4.79 Å². The molecule has 92 valence electrons. The van der Waals surface area contributed by atoms with Crippen molar-refractivity contribution >= 4 is 5.97 Å². The second kappa shape index (κ2) is 6.03. The predicted octanol–water partition coefficient (Wildman–Crippen LogP) is 2.96. The van der Waals surface area contributed by atoms with Gasteiger partial charge >= 0.3 is 5.97 Å². The summed E-state index contributed by atoms with van der Waals surface area (Å²) in [5, 5.41) is 8.62. The van der Waals surface area contributed by atoms with Gasteiger partial charge in [-0.1, -0.05) is 25.1 Å². The molecule has 0 radical (unpaired) electrons. The maximum atomic E-state index is 13.4. The van der Waals surface area contributed by atoms with Crippen molar-refractivity contribution in [3.63, 3.8) is 0 Å². The Balaban J connectivity index is 3.03. The number of halogens is 1. The number of aliphatic carboxylic acids is 1. The first kappa shape index (κ1) is 13.2. The fraction of sp³-hybridized carbons (Fsp3) is 0.308. The molecule has 1 rings (SSSR count). The molecular formula is C13H15FO3. The van der Waals surface area contributed by atoms with Crippen molar-refractivity contribution in [2.45, 2.75) is 19.8 Å². The van der Waals surface area contributed by atoms with E-state index in [1.165, 1.54) is 7.11 Å². The predicted molar refractivity (Wildman–Crippen MR) is 62.8 cm³/mol. The molecule has 0 aliphatic rings. The van der Waals surface area contributed by atoms with E-state index in [0.717, 1.165) is 5.56 Å². The number of hydrogen-bond donors (Lipinski definition) is 1. The van der Waals surface area contributed by atoms with Crippen LogP contribution in [-0.4, -0.2) is 18.2 Å². The lowest BCUT2D eigenvalue weighted by Gasteiger charge is -2.09. The van der Waals surface area contributed by atoms with E-state index in [4.69, 9.17) is 9.84 Å². The van der Waals surface area contributed by atoms with Crippen LogP contribution in [0.25, 0.3) is 0 Å². The maximum Gasteiger partial charge on any atom is 0.364 e. The summed E-state index contributed by atoms with van der Waals surface area (Å²) in [6, 6.07) is 7.18. The largest absolute Gasteiger partial charge is 0.496 e. The van der Waals surface area contributed by atoms with Gasteiger partial charge < -0.3 is 9.84 Å². The highest BCUT2D eigenvalue weighted by Crippen LogP contribution is 2.24. The molecule has 0 fully saturated rings. The maximum absolute atomic E-state index is 13.4. The van der Waals surface area contributed by atoms with Crippen molar-refractivity contribution in [1.29, 1.82) is 0 Å². The Morgan fingerprint density at radius 3 is 2.59 bits per heavy atom. The van der Waals surface area contributed by atoms with E-state index in [-0.39, 0.29) is 12.0 Å². The van der Waals surface area contributed by atoms with Crippen molar-refractivity contribution in [1.82, 2.24) is 0 Å². The van der Waals surface area contributed by atoms with E-state index < -0.39 is 11.8 Å². The molecule has 0 unspecified atom stereocenters. The average Bonchev–Trinajstić information content (AvgIpc) is 2.35. The summed E-state index contributed by atoms with van der Waals surface area (Å²) in [4.78, 5) is 10.6. The number of rotatable bonds is 5. The molecule has 17 heavy (non-hydrogen) atoms. The van der Waals surface area contributed by atoms with Crippen molar-refractivity contribution in [2.24, 2.45) is 0 Å². The zero-order valence-corrected chi connectivity index (χ0v) is 9.87. The number of ether oxygens (including phenoxy) is 1. The van der Waals surface area contributed by atoms with E-state index in [1.807, 2.05) is 12.1 Å². The molecule has 3 nitrogen and oxygen atoms in total. The second-order valence-corrected chi connectivity index (χ2v) is 3.56. The van der Waals surface area contributed by atoms with Gasteiger partial charge in [0.25, 0.3) is 0 Å². The third-order valence-electron chi connectivity index (χ3n) is 2.52. The van der Waals surface area contributed by atoms with Gasteiger partial charge in [0.2, 0.25) is 5.83 Å². The number of hydrogen-bond acceptors (Lipinski definition) is 2. The fourth-order valence-corrected chi connectivity index (χ4v) is 1.59. The van der Waals surface area contributed by atoms with Crippen LogP contribution in [0.15, 0.2) is 35.7 Å². The molecule has 0 amide bonds. The molecule has 0 saturated heterocycles. The topological polar surface area (TPSA) is 46.5 Å². The van der Waals surface area contributed by atoms with Crippen LogP contribution in [0.1, 0.15) is 18.9 Å². The van der Waals surface area contributed by atoms with Crippen molar-refractivity contribution in [3.8, 4) is 5.75 Å². The van der Waals surface area contributed by atoms with Gasteiger partial charge in [-0.05, 0) is 23.6 Å². The number of benzene rings is 1. The van der Waals surface area contributed by atoms with Crippen molar-refractivity contribution in [2.75, 3.05) is 7.11 Å². The van der Waals surface area contributed by atoms with E-state index in [9.17, 15) is 9.18 Å². The van der Waals surface area contributed by atoms with Gasteiger partial charge in [0.05, 0.1) is 7.11 Å². The minimum absolute atomic E-state index is 0.249. The Labute approximate surface area is 99.5 Å². The number of carboxylic acid groups (broad SMARTS) is 1. The van der Waals surface area contributed by atoms with E-state index in [1.54, 1.807) is 19.1 Å². The summed E-state index contributed by atoms with van der Waals surface area (Å²) in [6.45, 7) is 1.73. The summed E-state index contributed by atoms with van der Waals surface area (Å²) in [5.74, 6) is -1.95. The summed E-state index contributed by atoms with van der Waals surface area (Å²) in [6.07, 6.45) is 0.606. The summed E-state index contributed by atoms with van der Waals surface area (Å²) >= 11 is 0. The molecule has 0 spiro atoms. The number of carboxylic acids is 1. The molecule has 1 N–H and O–H groups in total. The van der Waals surface area contributed by atoms with Gasteiger partial charge in [0, 0.05) is 6.42 Å².